The van der Waals surface area contributed by atoms with Crippen LogP contribution in [0.2, 0.25) is 0 Å². The molecule has 1 aliphatic heterocycles. The van der Waals surface area contributed by atoms with Crippen LogP contribution in [0.4, 0.5) is 0 Å². The first-order valence-corrected chi connectivity index (χ1v) is 6.60. The second-order valence-corrected chi connectivity index (χ2v) is 4.87. The molecule has 1 aromatic carbocycles. The predicted octanol–water partition coefficient (Wildman–Crippen LogP) is 0.376. The van der Waals surface area contributed by atoms with Gasteiger partial charge in [-0.2, -0.15) is 4.68 Å². The molecule has 6 nitrogen and oxygen atoms in total. The highest BCUT2D eigenvalue weighted by Crippen LogP contribution is 2.11. The summed E-state index contributed by atoms with van der Waals surface area (Å²) in [5.41, 5.74) is 2.23. The first-order chi connectivity index (χ1) is 9.33. The van der Waals surface area contributed by atoms with E-state index in [1.807, 2.05) is 16.8 Å². The normalized spacial score (nSPS) is 16.7. The molecular weight excluding hydrogens is 240 g/mol. The second-order valence-electron chi connectivity index (χ2n) is 4.87. The maximum Gasteiger partial charge on any atom is 0.170 e. The van der Waals surface area contributed by atoms with E-state index >= 15 is 0 Å². The van der Waals surface area contributed by atoms with E-state index in [0.717, 1.165) is 44.2 Å². The smallest absolute Gasteiger partial charge is 0.170 e. The van der Waals surface area contributed by atoms with Gasteiger partial charge in [-0.3, -0.25) is 4.90 Å². The Labute approximate surface area is 112 Å². The molecule has 0 saturated carbocycles. The average Bonchev–Trinajstić information content (AvgIpc) is 2.88. The Morgan fingerprint density at radius 1 is 1.26 bits per heavy atom. The van der Waals surface area contributed by atoms with E-state index in [-0.39, 0.29) is 0 Å². The van der Waals surface area contributed by atoms with Crippen molar-refractivity contribution in [2.75, 3.05) is 26.2 Å². The minimum atomic E-state index is 0.794. The van der Waals surface area contributed by atoms with Crippen molar-refractivity contribution in [3.63, 3.8) is 0 Å². The average molecular weight is 258 g/mol. The molecule has 0 aliphatic carbocycles. The van der Waals surface area contributed by atoms with E-state index in [1.165, 1.54) is 5.56 Å². The highest BCUT2D eigenvalue weighted by Gasteiger charge is 2.15. The lowest BCUT2D eigenvalue weighted by atomic mass is 10.2. The largest absolute Gasteiger partial charge is 0.314 e. The molecule has 0 radical (unpaired) electrons. The van der Waals surface area contributed by atoms with Crippen LogP contribution in [0.3, 0.4) is 0 Å². The zero-order valence-electron chi connectivity index (χ0n) is 11.1. The van der Waals surface area contributed by atoms with E-state index in [9.17, 15) is 0 Å². The Hall–Kier alpha value is -1.79. The molecule has 1 fully saturated rings. The quantitative estimate of drug-likeness (QED) is 0.862. The van der Waals surface area contributed by atoms with Crippen LogP contribution in [-0.2, 0) is 6.54 Å². The highest BCUT2D eigenvalue weighted by atomic mass is 15.5. The minimum Gasteiger partial charge on any atom is -0.314 e. The van der Waals surface area contributed by atoms with Crippen molar-refractivity contribution in [2.45, 2.75) is 13.5 Å². The molecule has 0 spiro atoms. The number of hydrogen-bond donors (Lipinski definition) is 1. The molecule has 1 aromatic heterocycles. The summed E-state index contributed by atoms with van der Waals surface area (Å²) >= 11 is 0. The molecule has 0 unspecified atom stereocenters. The van der Waals surface area contributed by atoms with Crippen LogP contribution in [0.15, 0.2) is 24.3 Å². The summed E-state index contributed by atoms with van der Waals surface area (Å²) in [6, 6.07) is 8.23. The molecule has 0 amide bonds. The zero-order valence-corrected chi connectivity index (χ0v) is 11.1. The maximum absolute atomic E-state index is 4.16. The number of aromatic nitrogens is 4. The van der Waals surface area contributed by atoms with Crippen LogP contribution in [0.5, 0.6) is 0 Å². The molecule has 19 heavy (non-hydrogen) atoms. The van der Waals surface area contributed by atoms with Crippen LogP contribution in [0.1, 0.15) is 11.4 Å². The van der Waals surface area contributed by atoms with Gasteiger partial charge in [0, 0.05) is 26.2 Å². The SMILES string of the molecule is Cc1cccc(-n2nnnc2CN2CCNCC2)c1. The lowest BCUT2D eigenvalue weighted by Crippen LogP contribution is -2.43. The minimum absolute atomic E-state index is 0.794. The number of tetrazole rings is 1. The van der Waals surface area contributed by atoms with Crippen molar-refractivity contribution >= 4 is 0 Å². The van der Waals surface area contributed by atoms with E-state index in [1.54, 1.807) is 0 Å². The fourth-order valence-corrected chi connectivity index (χ4v) is 2.33. The molecule has 100 valence electrons. The highest BCUT2D eigenvalue weighted by molar-refractivity contribution is 5.34. The molecule has 1 N–H and O–H groups in total. The fraction of sp³-hybridized carbons (Fsp3) is 0.462. The van der Waals surface area contributed by atoms with E-state index in [0.29, 0.717) is 0 Å². The molecule has 0 bridgehead atoms. The monoisotopic (exact) mass is 258 g/mol. The van der Waals surface area contributed by atoms with Gasteiger partial charge in [-0.25, -0.2) is 0 Å². The topological polar surface area (TPSA) is 58.9 Å². The summed E-state index contributed by atoms with van der Waals surface area (Å²) in [4.78, 5) is 2.37. The Kier molecular flexibility index (Phi) is 3.52. The van der Waals surface area contributed by atoms with Crippen molar-refractivity contribution in [1.82, 2.24) is 30.4 Å². The van der Waals surface area contributed by atoms with Gasteiger partial charge in [0.25, 0.3) is 0 Å². The van der Waals surface area contributed by atoms with Gasteiger partial charge in [0.05, 0.1) is 12.2 Å². The lowest BCUT2D eigenvalue weighted by Gasteiger charge is -2.26. The number of rotatable bonds is 3. The molecule has 2 aromatic rings. The van der Waals surface area contributed by atoms with Crippen molar-refractivity contribution in [1.29, 1.82) is 0 Å². The lowest BCUT2D eigenvalue weighted by molar-refractivity contribution is 0.226. The molecule has 2 heterocycles. The van der Waals surface area contributed by atoms with Gasteiger partial charge in [-0.15, -0.1) is 5.10 Å². The summed E-state index contributed by atoms with van der Waals surface area (Å²) in [5.74, 6) is 0.896. The summed E-state index contributed by atoms with van der Waals surface area (Å²) in [6.45, 7) is 7.02. The van der Waals surface area contributed by atoms with Crippen molar-refractivity contribution in [3.05, 3.63) is 35.7 Å². The third kappa shape index (κ3) is 2.80. The predicted molar refractivity (Wildman–Crippen MR) is 72.0 cm³/mol. The molecular formula is C13H18N6. The third-order valence-corrected chi connectivity index (χ3v) is 3.35. The van der Waals surface area contributed by atoms with Gasteiger partial charge in [0.15, 0.2) is 5.82 Å². The van der Waals surface area contributed by atoms with Crippen LogP contribution >= 0.6 is 0 Å². The number of hydrogen-bond acceptors (Lipinski definition) is 5. The van der Waals surface area contributed by atoms with Crippen molar-refractivity contribution < 1.29 is 0 Å². The van der Waals surface area contributed by atoms with Gasteiger partial charge < -0.3 is 5.32 Å². The number of nitrogens with zero attached hydrogens (tertiary/aromatic N) is 5. The number of piperazine rings is 1. The molecule has 6 heteroatoms. The Morgan fingerprint density at radius 2 is 2.11 bits per heavy atom. The maximum atomic E-state index is 4.16. The van der Waals surface area contributed by atoms with Crippen LogP contribution < -0.4 is 5.32 Å². The van der Waals surface area contributed by atoms with Crippen LogP contribution in [0, 0.1) is 6.92 Å². The first kappa shape index (κ1) is 12.3. The van der Waals surface area contributed by atoms with Crippen molar-refractivity contribution in [2.24, 2.45) is 0 Å². The van der Waals surface area contributed by atoms with Gasteiger partial charge in [0.2, 0.25) is 0 Å². The fourth-order valence-electron chi connectivity index (χ4n) is 2.33. The van der Waals surface area contributed by atoms with Crippen LogP contribution in [0.25, 0.3) is 5.69 Å². The summed E-state index contributed by atoms with van der Waals surface area (Å²) in [7, 11) is 0. The Bertz CT molecular complexity index is 544. The van der Waals surface area contributed by atoms with Gasteiger partial charge in [0.1, 0.15) is 0 Å². The van der Waals surface area contributed by atoms with E-state index < -0.39 is 0 Å². The molecule has 1 aliphatic rings. The van der Waals surface area contributed by atoms with E-state index in [2.05, 4.69) is 44.8 Å². The molecule has 1 saturated heterocycles. The number of benzene rings is 1. The Morgan fingerprint density at radius 3 is 2.89 bits per heavy atom. The molecule has 3 rings (SSSR count). The van der Waals surface area contributed by atoms with Crippen molar-refractivity contribution in [3.8, 4) is 5.69 Å². The zero-order chi connectivity index (χ0) is 13.1. The van der Waals surface area contributed by atoms with Gasteiger partial charge in [-0.05, 0) is 35.0 Å². The Balaban J connectivity index is 1.81. The van der Waals surface area contributed by atoms with Gasteiger partial charge >= 0.3 is 0 Å². The summed E-state index contributed by atoms with van der Waals surface area (Å²) in [6.07, 6.45) is 0. The summed E-state index contributed by atoms with van der Waals surface area (Å²) in [5, 5.41) is 15.4. The van der Waals surface area contributed by atoms with Crippen LogP contribution in [-0.4, -0.2) is 51.3 Å². The third-order valence-electron chi connectivity index (χ3n) is 3.35. The second kappa shape index (κ2) is 5.46. The van der Waals surface area contributed by atoms with E-state index in [4.69, 9.17) is 0 Å². The standard InChI is InChI=1S/C13H18N6/c1-11-3-2-4-12(9-11)19-13(15-16-17-19)10-18-7-5-14-6-8-18/h2-4,9,14H,5-8,10H2,1H3. The van der Waals surface area contributed by atoms with Gasteiger partial charge in [-0.1, -0.05) is 12.1 Å². The number of aryl methyl sites for hydroxylation is 1. The number of nitrogens with one attached hydrogen (secondary N) is 1. The molecule has 0 atom stereocenters. The summed E-state index contributed by atoms with van der Waals surface area (Å²) < 4.78 is 1.83. The first-order valence-electron chi connectivity index (χ1n) is 6.60.